The Hall–Kier alpha value is -0.0400. The maximum absolute atomic E-state index is 6.19. The highest BCUT2D eigenvalue weighted by atomic mass is 127. The molecule has 0 aliphatic carbocycles. The summed E-state index contributed by atoms with van der Waals surface area (Å²) in [5, 5.41) is 2.03. The third kappa shape index (κ3) is 4.00. The maximum Gasteiger partial charge on any atom is 0.0542 e. The Morgan fingerprint density at radius 2 is 1.80 bits per heavy atom. The van der Waals surface area contributed by atoms with Crippen LogP contribution in [-0.2, 0) is 6.42 Å². The molecule has 106 valence electrons. The minimum Gasteiger partial charge on any atom is -0.271 e. The van der Waals surface area contributed by atoms with E-state index in [2.05, 4.69) is 28.0 Å². The summed E-state index contributed by atoms with van der Waals surface area (Å²) in [6.07, 6.45) is 0.632. The molecule has 0 spiro atoms. The molecule has 1 atom stereocenters. The van der Waals surface area contributed by atoms with Gasteiger partial charge in [-0.3, -0.25) is 11.3 Å². The Morgan fingerprint density at radius 3 is 2.45 bits per heavy atom. The van der Waals surface area contributed by atoms with Crippen molar-refractivity contribution in [2.75, 3.05) is 0 Å². The molecule has 2 aromatic carbocycles. The van der Waals surface area contributed by atoms with E-state index >= 15 is 0 Å². The van der Waals surface area contributed by atoms with Gasteiger partial charge in [0.15, 0.2) is 0 Å². The molecule has 0 saturated carbocycles. The van der Waals surface area contributed by atoms with Crippen LogP contribution in [0, 0.1) is 3.57 Å². The van der Waals surface area contributed by atoms with E-state index in [4.69, 9.17) is 40.6 Å². The largest absolute Gasteiger partial charge is 0.271 e. The number of rotatable bonds is 4. The van der Waals surface area contributed by atoms with Gasteiger partial charge in [0.05, 0.1) is 11.1 Å². The number of hydrogen-bond donors (Lipinski definition) is 2. The number of nitrogens with two attached hydrogens (primary N) is 1. The van der Waals surface area contributed by atoms with Gasteiger partial charge in [-0.05, 0) is 70.5 Å². The van der Waals surface area contributed by atoms with Crippen LogP contribution in [0.1, 0.15) is 17.2 Å². The number of halogens is 4. The molecule has 0 aliphatic heterocycles. The molecule has 0 saturated heterocycles. The van der Waals surface area contributed by atoms with Crippen LogP contribution in [-0.4, -0.2) is 0 Å². The van der Waals surface area contributed by atoms with Gasteiger partial charge in [0.2, 0.25) is 0 Å². The van der Waals surface area contributed by atoms with Crippen LogP contribution >= 0.6 is 57.4 Å². The summed E-state index contributed by atoms with van der Waals surface area (Å²) in [6, 6.07) is 11.2. The number of hydrazine groups is 1. The highest BCUT2D eigenvalue weighted by Gasteiger charge is 2.14. The van der Waals surface area contributed by atoms with Crippen LogP contribution in [0.25, 0.3) is 0 Å². The lowest BCUT2D eigenvalue weighted by atomic mass is 9.99. The summed E-state index contributed by atoms with van der Waals surface area (Å²) in [7, 11) is 0. The van der Waals surface area contributed by atoms with Crippen LogP contribution < -0.4 is 11.3 Å². The standard InChI is InChI=1S/C14H12Cl3IN2/c15-10-2-3-11(16)9(5-10)7-14(20-19)8-1-4-13(18)12(17)6-8/h1-6,14,20H,7,19H2. The number of hydrogen-bond acceptors (Lipinski definition) is 2. The Kier molecular flexibility index (Phi) is 5.95. The Morgan fingerprint density at radius 1 is 1.05 bits per heavy atom. The summed E-state index contributed by atoms with van der Waals surface area (Å²) in [5.74, 6) is 5.66. The second-order valence-corrected chi connectivity index (χ2v) is 6.75. The van der Waals surface area contributed by atoms with Crippen molar-refractivity contribution in [2.24, 2.45) is 5.84 Å². The lowest BCUT2D eigenvalue weighted by Gasteiger charge is -2.18. The molecule has 0 fully saturated rings. The monoisotopic (exact) mass is 440 g/mol. The molecule has 0 amide bonds. The minimum absolute atomic E-state index is 0.0829. The predicted molar refractivity (Wildman–Crippen MR) is 94.4 cm³/mol. The van der Waals surface area contributed by atoms with Crippen molar-refractivity contribution in [3.63, 3.8) is 0 Å². The van der Waals surface area contributed by atoms with Crippen molar-refractivity contribution >= 4 is 57.4 Å². The zero-order valence-electron chi connectivity index (χ0n) is 10.3. The first-order valence-electron chi connectivity index (χ1n) is 5.86. The smallest absolute Gasteiger partial charge is 0.0542 e. The van der Waals surface area contributed by atoms with E-state index in [1.54, 1.807) is 12.1 Å². The highest BCUT2D eigenvalue weighted by Crippen LogP contribution is 2.28. The van der Waals surface area contributed by atoms with Gasteiger partial charge in [0.1, 0.15) is 0 Å². The van der Waals surface area contributed by atoms with Gasteiger partial charge in [-0.25, -0.2) is 0 Å². The normalized spacial score (nSPS) is 12.4. The van der Waals surface area contributed by atoms with E-state index in [9.17, 15) is 0 Å². The third-order valence-corrected chi connectivity index (χ3v) is 5.16. The average molecular weight is 442 g/mol. The van der Waals surface area contributed by atoms with Crippen molar-refractivity contribution in [3.8, 4) is 0 Å². The molecule has 3 N–H and O–H groups in total. The number of benzene rings is 2. The maximum atomic E-state index is 6.19. The molecule has 6 heteroatoms. The predicted octanol–water partition coefficient (Wildman–Crippen LogP) is 5.00. The summed E-state index contributed by atoms with van der Waals surface area (Å²) >= 11 is 20.5. The van der Waals surface area contributed by atoms with Crippen LogP contribution in [0.15, 0.2) is 36.4 Å². The zero-order chi connectivity index (χ0) is 14.7. The Bertz CT molecular complexity index is 619. The molecule has 0 aliphatic rings. The first-order chi connectivity index (χ1) is 9.51. The van der Waals surface area contributed by atoms with E-state index < -0.39 is 0 Å². The van der Waals surface area contributed by atoms with Crippen molar-refractivity contribution in [2.45, 2.75) is 12.5 Å². The van der Waals surface area contributed by atoms with Gasteiger partial charge in [0, 0.05) is 13.6 Å². The van der Waals surface area contributed by atoms with E-state index in [1.165, 1.54) is 0 Å². The Balaban J connectivity index is 2.28. The fourth-order valence-electron chi connectivity index (χ4n) is 1.92. The second kappa shape index (κ2) is 7.29. The van der Waals surface area contributed by atoms with Gasteiger partial charge >= 0.3 is 0 Å². The fraction of sp³-hybridized carbons (Fsp3) is 0.143. The van der Waals surface area contributed by atoms with Crippen LogP contribution in [0.2, 0.25) is 15.1 Å². The molecular formula is C14H12Cl3IN2. The molecule has 2 rings (SSSR count). The number of nitrogens with one attached hydrogen (secondary N) is 1. The van der Waals surface area contributed by atoms with Crippen LogP contribution in [0.3, 0.4) is 0 Å². The molecule has 1 unspecified atom stereocenters. The first-order valence-corrected chi connectivity index (χ1v) is 8.07. The molecule has 0 radical (unpaired) electrons. The quantitative estimate of drug-likeness (QED) is 0.398. The lowest BCUT2D eigenvalue weighted by molar-refractivity contribution is 0.552. The van der Waals surface area contributed by atoms with E-state index in [-0.39, 0.29) is 6.04 Å². The summed E-state index contributed by atoms with van der Waals surface area (Å²) < 4.78 is 1.00. The van der Waals surface area contributed by atoms with E-state index in [1.807, 2.05) is 24.3 Å². The van der Waals surface area contributed by atoms with Crippen LogP contribution in [0.4, 0.5) is 0 Å². The fourth-order valence-corrected chi connectivity index (χ4v) is 2.84. The van der Waals surface area contributed by atoms with Crippen molar-refractivity contribution < 1.29 is 0 Å². The summed E-state index contributed by atoms with van der Waals surface area (Å²) in [5.41, 5.74) is 4.75. The van der Waals surface area contributed by atoms with Gasteiger partial charge in [0.25, 0.3) is 0 Å². The lowest BCUT2D eigenvalue weighted by Crippen LogP contribution is -2.29. The van der Waals surface area contributed by atoms with Gasteiger partial charge < -0.3 is 0 Å². The zero-order valence-corrected chi connectivity index (χ0v) is 14.8. The van der Waals surface area contributed by atoms with Gasteiger partial charge in [-0.2, -0.15) is 0 Å². The Labute approximate surface area is 146 Å². The van der Waals surface area contributed by atoms with Gasteiger partial charge in [-0.15, -0.1) is 0 Å². The molecule has 0 bridgehead atoms. The topological polar surface area (TPSA) is 38.0 Å². The van der Waals surface area contributed by atoms with Crippen molar-refractivity contribution in [1.29, 1.82) is 0 Å². The van der Waals surface area contributed by atoms with Gasteiger partial charge in [-0.1, -0.05) is 40.9 Å². The minimum atomic E-state index is -0.0829. The average Bonchev–Trinajstić information content (AvgIpc) is 2.43. The second-order valence-electron chi connectivity index (χ2n) is 4.33. The van der Waals surface area contributed by atoms with Crippen molar-refractivity contribution in [3.05, 3.63) is 66.2 Å². The van der Waals surface area contributed by atoms with E-state index in [0.717, 1.165) is 14.7 Å². The molecule has 0 heterocycles. The highest BCUT2D eigenvalue weighted by molar-refractivity contribution is 14.1. The van der Waals surface area contributed by atoms with Crippen LogP contribution in [0.5, 0.6) is 0 Å². The summed E-state index contributed by atoms with van der Waals surface area (Å²) in [6.45, 7) is 0. The molecule has 20 heavy (non-hydrogen) atoms. The molecule has 0 aromatic heterocycles. The molecule has 2 aromatic rings. The molecule has 2 nitrogen and oxygen atoms in total. The van der Waals surface area contributed by atoms with Crippen molar-refractivity contribution in [1.82, 2.24) is 5.43 Å². The van der Waals surface area contributed by atoms with E-state index in [0.29, 0.717) is 21.5 Å². The summed E-state index contributed by atoms with van der Waals surface area (Å²) in [4.78, 5) is 0. The first kappa shape index (κ1) is 16.3. The SMILES string of the molecule is NNC(Cc1cc(Cl)ccc1Cl)c1ccc(I)c(Cl)c1. The third-order valence-electron chi connectivity index (χ3n) is 2.98. The molecular weight excluding hydrogens is 429 g/mol.